The number of ether oxygens (including phenoxy) is 1. The lowest BCUT2D eigenvalue weighted by Gasteiger charge is -2.33. The molecule has 0 saturated heterocycles. The summed E-state index contributed by atoms with van der Waals surface area (Å²) in [6, 6.07) is 16.5. The van der Waals surface area contributed by atoms with Crippen molar-refractivity contribution in [1.29, 1.82) is 0 Å². The molecule has 0 bridgehead atoms. The maximum absolute atomic E-state index is 5.87. The first kappa shape index (κ1) is 16.4. The van der Waals surface area contributed by atoms with Gasteiger partial charge in [0.25, 0.3) is 0 Å². The Bertz CT molecular complexity index is 984. The Hall–Kier alpha value is -2.11. The molecule has 25 heavy (non-hydrogen) atoms. The van der Waals surface area contributed by atoms with E-state index in [2.05, 4.69) is 59.5 Å². The maximum atomic E-state index is 5.87. The van der Waals surface area contributed by atoms with Gasteiger partial charge in [0, 0.05) is 16.8 Å². The minimum Gasteiger partial charge on any atom is -0.494 e. The summed E-state index contributed by atoms with van der Waals surface area (Å²) in [5, 5.41) is 3.64. The zero-order chi connectivity index (χ0) is 17.6. The minimum absolute atomic E-state index is 0.154. The highest BCUT2D eigenvalue weighted by Gasteiger charge is 2.34. The molecular formula is C20H20N2OS2. The van der Waals surface area contributed by atoms with Crippen LogP contribution >= 0.6 is 23.8 Å². The van der Waals surface area contributed by atoms with Crippen LogP contribution in [0.15, 0.2) is 48.5 Å². The predicted octanol–water partition coefficient (Wildman–Crippen LogP) is 5.99. The number of nitrogens with one attached hydrogen (secondary N) is 1. The fourth-order valence-electron chi connectivity index (χ4n) is 3.26. The second-order valence-electron chi connectivity index (χ2n) is 6.62. The standard InChI is InChI=1S/C20H20N2OS2/c1-4-23-14-11-9-13(10-12-14)22-19(24)17-15-7-5-6-8-16(15)21-20(2,3)18(17)25-22/h5-12,21H,4H2,1-3H3. The largest absolute Gasteiger partial charge is 0.494 e. The molecule has 1 aliphatic heterocycles. The molecule has 2 heterocycles. The molecule has 128 valence electrons. The lowest BCUT2D eigenvalue weighted by Crippen LogP contribution is -2.30. The summed E-state index contributed by atoms with van der Waals surface area (Å²) in [7, 11) is 0. The third-order valence-electron chi connectivity index (χ3n) is 4.40. The van der Waals surface area contributed by atoms with Gasteiger partial charge >= 0.3 is 0 Å². The van der Waals surface area contributed by atoms with Crippen molar-refractivity contribution in [3.05, 3.63) is 58.0 Å². The summed E-state index contributed by atoms with van der Waals surface area (Å²) < 4.78 is 8.55. The minimum atomic E-state index is -0.154. The van der Waals surface area contributed by atoms with Gasteiger partial charge < -0.3 is 10.1 Å². The molecule has 1 N–H and O–H groups in total. The normalized spacial score (nSPS) is 14.4. The van der Waals surface area contributed by atoms with Gasteiger partial charge in [0.15, 0.2) is 0 Å². The Kier molecular flexibility index (Phi) is 3.93. The number of fused-ring (bicyclic) bond motifs is 3. The van der Waals surface area contributed by atoms with Crippen LogP contribution in [0.3, 0.4) is 0 Å². The summed E-state index contributed by atoms with van der Waals surface area (Å²) in [5.74, 6) is 0.881. The Balaban J connectivity index is 1.89. The number of rotatable bonds is 3. The van der Waals surface area contributed by atoms with Crippen molar-refractivity contribution < 1.29 is 4.74 Å². The van der Waals surface area contributed by atoms with E-state index in [0.29, 0.717) is 6.61 Å². The highest BCUT2D eigenvalue weighted by Crippen LogP contribution is 2.47. The van der Waals surface area contributed by atoms with E-state index < -0.39 is 0 Å². The van der Waals surface area contributed by atoms with Crippen LogP contribution < -0.4 is 10.1 Å². The highest BCUT2D eigenvalue weighted by atomic mass is 32.1. The van der Waals surface area contributed by atoms with Gasteiger partial charge in [-0.1, -0.05) is 41.9 Å². The van der Waals surface area contributed by atoms with Gasteiger partial charge in [-0.2, -0.15) is 0 Å². The van der Waals surface area contributed by atoms with Gasteiger partial charge in [-0.15, -0.1) is 0 Å². The molecule has 4 rings (SSSR count). The Morgan fingerprint density at radius 2 is 1.84 bits per heavy atom. The van der Waals surface area contributed by atoms with Crippen LogP contribution in [0.2, 0.25) is 0 Å². The number of benzene rings is 2. The molecule has 0 saturated carbocycles. The molecule has 2 aromatic carbocycles. The Labute approximate surface area is 157 Å². The fraction of sp³-hybridized carbons (Fsp3) is 0.250. The first-order valence-corrected chi connectivity index (χ1v) is 9.57. The molecule has 5 heteroatoms. The summed E-state index contributed by atoms with van der Waals surface area (Å²) in [6.07, 6.45) is 0. The van der Waals surface area contributed by atoms with Crippen LogP contribution in [0, 0.1) is 4.64 Å². The van der Waals surface area contributed by atoms with Gasteiger partial charge in [-0.05, 0) is 51.1 Å². The van der Waals surface area contributed by atoms with E-state index >= 15 is 0 Å². The van der Waals surface area contributed by atoms with Gasteiger partial charge in [0.2, 0.25) is 0 Å². The van der Waals surface area contributed by atoms with E-state index in [0.717, 1.165) is 21.8 Å². The summed E-state index contributed by atoms with van der Waals surface area (Å²) in [6.45, 7) is 7.07. The van der Waals surface area contributed by atoms with Crippen molar-refractivity contribution in [2.45, 2.75) is 26.3 Å². The molecule has 3 aromatic rings. The lowest BCUT2D eigenvalue weighted by atomic mass is 9.90. The SMILES string of the molecule is CCOc1ccc(-n2sc3c(c2=S)-c2ccccc2NC3(C)C)cc1. The zero-order valence-electron chi connectivity index (χ0n) is 14.5. The second kappa shape index (κ2) is 6.00. The van der Waals surface area contributed by atoms with Crippen LogP contribution in [0.5, 0.6) is 5.75 Å². The maximum Gasteiger partial charge on any atom is 0.129 e. The fourth-order valence-corrected chi connectivity index (χ4v) is 4.91. The van der Waals surface area contributed by atoms with Crippen molar-refractivity contribution in [2.24, 2.45) is 0 Å². The van der Waals surface area contributed by atoms with E-state index in [1.165, 1.54) is 16.0 Å². The van der Waals surface area contributed by atoms with Gasteiger partial charge in [0.1, 0.15) is 10.4 Å². The molecule has 1 aromatic heterocycles. The van der Waals surface area contributed by atoms with Crippen LogP contribution in [-0.4, -0.2) is 10.6 Å². The first-order chi connectivity index (χ1) is 12.0. The number of aromatic nitrogens is 1. The number of anilines is 1. The van der Waals surface area contributed by atoms with Crippen molar-refractivity contribution >= 4 is 29.4 Å². The molecule has 0 unspecified atom stereocenters. The van der Waals surface area contributed by atoms with E-state index in [-0.39, 0.29) is 5.54 Å². The molecule has 3 nitrogen and oxygen atoms in total. The summed E-state index contributed by atoms with van der Waals surface area (Å²) >= 11 is 7.59. The van der Waals surface area contributed by atoms with E-state index in [1.807, 2.05) is 19.1 Å². The first-order valence-electron chi connectivity index (χ1n) is 8.39. The topological polar surface area (TPSA) is 26.2 Å². The van der Waals surface area contributed by atoms with Gasteiger partial charge in [0.05, 0.1) is 22.7 Å². The molecule has 1 aliphatic rings. The third-order valence-corrected chi connectivity index (χ3v) is 6.38. The molecule has 0 atom stereocenters. The number of hydrogen-bond donors (Lipinski definition) is 1. The number of hydrogen-bond acceptors (Lipinski definition) is 4. The number of para-hydroxylation sites is 1. The van der Waals surface area contributed by atoms with Gasteiger partial charge in [-0.3, -0.25) is 3.96 Å². The van der Waals surface area contributed by atoms with Gasteiger partial charge in [-0.25, -0.2) is 0 Å². The van der Waals surface area contributed by atoms with E-state index in [9.17, 15) is 0 Å². The van der Waals surface area contributed by atoms with Crippen LogP contribution in [0.25, 0.3) is 16.8 Å². The highest BCUT2D eigenvalue weighted by molar-refractivity contribution is 7.71. The molecule has 0 fully saturated rings. The average molecular weight is 369 g/mol. The third kappa shape index (κ3) is 2.68. The average Bonchev–Trinajstić information content (AvgIpc) is 2.95. The monoisotopic (exact) mass is 368 g/mol. The van der Waals surface area contributed by atoms with Crippen LogP contribution in [-0.2, 0) is 5.54 Å². The van der Waals surface area contributed by atoms with E-state index in [1.54, 1.807) is 11.5 Å². The van der Waals surface area contributed by atoms with Crippen LogP contribution in [0.4, 0.5) is 5.69 Å². The molecule has 0 aliphatic carbocycles. The molecule has 0 amide bonds. The predicted molar refractivity (Wildman–Crippen MR) is 108 cm³/mol. The Morgan fingerprint density at radius 3 is 2.56 bits per heavy atom. The summed E-state index contributed by atoms with van der Waals surface area (Å²) in [5.41, 5.74) is 4.41. The zero-order valence-corrected chi connectivity index (χ0v) is 16.1. The van der Waals surface area contributed by atoms with Crippen molar-refractivity contribution in [1.82, 2.24) is 3.96 Å². The van der Waals surface area contributed by atoms with Crippen LogP contribution in [0.1, 0.15) is 25.6 Å². The number of nitrogens with zero attached hydrogens (tertiary/aromatic N) is 1. The summed E-state index contributed by atoms with van der Waals surface area (Å²) in [4.78, 5) is 1.27. The lowest BCUT2D eigenvalue weighted by molar-refractivity contribution is 0.340. The smallest absolute Gasteiger partial charge is 0.129 e. The quantitative estimate of drug-likeness (QED) is 0.575. The Morgan fingerprint density at radius 1 is 1.12 bits per heavy atom. The van der Waals surface area contributed by atoms with E-state index in [4.69, 9.17) is 17.0 Å². The molecule has 0 spiro atoms. The second-order valence-corrected chi connectivity index (χ2v) is 7.96. The molecular weight excluding hydrogens is 348 g/mol. The van der Waals surface area contributed by atoms with Crippen molar-refractivity contribution in [3.8, 4) is 22.6 Å². The van der Waals surface area contributed by atoms with Crippen molar-refractivity contribution in [3.63, 3.8) is 0 Å². The molecule has 0 radical (unpaired) electrons. The van der Waals surface area contributed by atoms with Crippen molar-refractivity contribution in [2.75, 3.05) is 11.9 Å².